The van der Waals surface area contributed by atoms with E-state index in [9.17, 15) is 4.79 Å². The first-order valence-electron chi connectivity index (χ1n) is 7.95. The van der Waals surface area contributed by atoms with Gasteiger partial charge in [0.25, 0.3) is 5.91 Å². The van der Waals surface area contributed by atoms with Gasteiger partial charge >= 0.3 is 0 Å². The molecule has 1 N–H and O–H groups in total. The summed E-state index contributed by atoms with van der Waals surface area (Å²) < 4.78 is 2.04. The molecular formula is C19H22N4O. The molecule has 0 spiro atoms. The van der Waals surface area contributed by atoms with Crippen molar-refractivity contribution in [1.82, 2.24) is 19.7 Å². The Labute approximate surface area is 141 Å². The number of aromatic nitrogens is 3. The molecular weight excluding hydrogens is 300 g/mol. The van der Waals surface area contributed by atoms with Crippen molar-refractivity contribution < 1.29 is 4.79 Å². The molecule has 3 rings (SSSR count). The molecule has 24 heavy (non-hydrogen) atoms. The number of hydrogen-bond acceptors (Lipinski definition) is 2. The van der Waals surface area contributed by atoms with Gasteiger partial charge in [-0.05, 0) is 25.5 Å². The van der Waals surface area contributed by atoms with E-state index in [-0.39, 0.29) is 5.91 Å². The quantitative estimate of drug-likeness (QED) is 0.801. The lowest BCUT2D eigenvalue weighted by Crippen LogP contribution is -2.26. The first kappa shape index (κ1) is 16.1. The second-order valence-electron chi connectivity index (χ2n) is 6.14. The molecule has 2 heterocycles. The minimum Gasteiger partial charge on any atom is -0.351 e. The van der Waals surface area contributed by atoms with E-state index < -0.39 is 0 Å². The van der Waals surface area contributed by atoms with Crippen LogP contribution >= 0.6 is 0 Å². The number of aromatic amines is 1. The summed E-state index contributed by atoms with van der Waals surface area (Å²) in [6.45, 7) is 4.49. The number of aryl methyl sites for hydroxylation is 1. The molecule has 0 aliphatic rings. The van der Waals surface area contributed by atoms with Gasteiger partial charge in [0.2, 0.25) is 0 Å². The van der Waals surface area contributed by atoms with Crippen molar-refractivity contribution >= 4 is 5.91 Å². The average Bonchev–Trinajstić information content (AvgIpc) is 3.15. The summed E-state index contributed by atoms with van der Waals surface area (Å²) in [5.41, 5.74) is 5.84. The first-order chi connectivity index (χ1) is 11.5. The molecule has 0 radical (unpaired) electrons. The van der Waals surface area contributed by atoms with Crippen LogP contribution in [0, 0.1) is 13.8 Å². The molecule has 1 amide bonds. The van der Waals surface area contributed by atoms with Gasteiger partial charge in [-0.3, -0.25) is 9.89 Å². The number of carbonyl (C=O) groups is 1. The lowest BCUT2D eigenvalue weighted by atomic mass is 10.1. The Morgan fingerprint density at radius 2 is 1.96 bits per heavy atom. The highest BCUT2D eigenvalue weighted by Gasteiger charge is 2.19. The third kappa shape index (κ3) is 2.85. The minimum atomic E-state index is 0.0245. The topological polar surface area (TPSA) is 53.9 Å². The molecule has 0 atom stereocenters. The average molecular weight is 322 g/mol. The van der Waals surface area contributed by atoms with E-state index in [0.29, 0.717) is 6.54 Å². The molecule has 0 saturated heterocycles. The van der Waals surface area contributed by atoms with Gasteiger partial charge in [0.05, 0.1) is 17.5 Å². The van der Waals surface area contributed by atoms with Crippen LogP contribution in [-0.4, -0.2) is 32.6 Å². The van der Waals surface area contributed by atoms with E-state index in [0.717, 1.165) is 33.8 Å². The van der Waals surface area contributed by atoms with Gasteiger partial charge in [0, 0.05) is 37.6 Å². The fraction of sp³-hybridized carbons (Fsp3) is 0.263. The maximum atomic E-state index is 12.8. The molecule has 0 unspecified atom stereocenters. The van der Waals surface area contributed by atoms with Crippen LogP contribution in [0.1, 0.15) is 27.3 Å². The lowest BCUT2D eigenvalue weighted by Gasteiger charge is -2.17. The van der Waals surface area contributed by atoms with Crippen LogP contribution in [0.25, 0.3) is 11.3 Å². The zero-order chi connectivity index (χ0) is 17.3. The van der Waals surface area contributed by atoms with Crippen molar-refractivity contribution in [2.75, 3.05) is 7.05 Å². The zero-order valence-corrected chi connectivity index (χ0v) is 14.5. The standard InChI is InChI=1S/C19H22N4O/c1-13-10-17(14(2)23(13)4)19(24)22(3)12-16-11-20-21-18(16)15-8-6-5-7-9-15/h5-11H,12H2,1-4H3,(H,20,21). The highest BCUT2D eigenvalue weighted by atomic mass is 16.2. The van der Waals surface area contributed by atoms with Crippen molar-refractivity contribution in [2.45, 2.75) is 20.4 Å². The van der Waals surface area contributed by atoms with Gasteiger partial charge in [-0.15, -0.1) is 0 Å². The number of H-pyrrole nitrogens is 1. The van der Waals surface area contributed by atoms with Gasteiger partial charge in [0.1, 0.15) is 0 Å². The van der Waals surface area contributed by atoms with E-state index >= 15 is 0 Å². The first-order valence-corrected chi connectivity index (χ1v) is 7.95. The minimum absolute atomic E-state index is 0.0245. The number of nitrogens with zero attached hydrogens (tertiary/aromatic N) is 3. The fourth-order valence-corrected chi connectivity index (χ4v) is 2.89. The highest BCUT2D eigenvalue weighted by Crippen LogP contribution is 2.23. The van der Waals surface area contributed by atoms with E-state index in [1.807, 2.05) is 68.9 Å². The summed E-state index contributed by atoms with van der Waals surface area (Å²) in [7, 11) is 3.80. The van der Waals surface area contributed by atoms with E-state index in [1.54, 1.807) is 11.1 Å². The number of amides is 1. The smallest absolute Gasteiger partial charge is 0.255 e. The van der Waals surface area contributed by atoms with Crippen molar-refractivity contribution in [3.63, 3.8) is 0 Å². The number of carbonyl (C=O) groups excluding carboxylic acids is 1. The molecule has 0 bridgehead atoms. The molecule has 0 fully saturated rings. The molecule has 5 nitrogen and oxygen atoms in total. The summed E-state index contributed by atoms with van der Waals surface area (Å²) in [5.74, 6) is 0.0245. The summed E-state index contributed by atoms with van der Waals surface area (Å²) in [5, 5.41) is 7.19. The predicted octanol–water partition coefficient (Wildman–Crippen LogP) is 3.30. The molecule has 2 aromatic heterocycles. The van der Waals surface area contributed by atoms with Crippen molar-refractivity contribution in [2.24, 2.45) is 7.05 Å². The maximum Gasteiger partial charge on any atom is 0.255 e. The molecule has 1 aromatic carbocycles. The van der Waals surface area contributed by atoms with Gasteiger partial charge in [-0.1, -0.05) is 30.3 Å². The molecule has 0 saturated carbocycles. The summed E-state index contributed by atoms with van der Waals surface area (Å²) in [6, 6.07) is 12.0. The second kappa shape index (κ2) is 6.35. The molecule has 3 aromatic rings. The second-order valence-corrected chi connectivity index (χ2v) is 6.14. The van der Waals surface area contributed by atoms with Crippen LogP contribution in [-0.2, 0) is 13.6 Å². The van der Waals surface area contributed by atoms with Crippen LogP contribution < -0.4 is 0 Å². The Kier molecular flexibility index (Phi) is 4.25. The van der Waals surface area contributed by atoms with Crippen molar-refractivity contribution in [1.29, 1.82) is 0 Å². The van der Waals surface area contributed by atoms with Crippen LogP contribution in [0.5, 0.6) is 0 Å². The fourth-order valence-electron chi connectivity index (χ4n) is 2.89. The zero-order valence-electron chi connectivity index (χ0n) is 14.5. The van der Waals surface area contributed by atoms with Gasteiger partial charge in [-0.2, -0.15) is 5.10 Å². The summed E-state index contributed by atoms with van der Waals surface area (Å²) in [6.07, 6.45) is 1.79. The largest absolute Gasteiger partial charge is 0.351 e. The van der Waals surface area contributed by atoms with Gasteiger partial charge in [0.15, 0.2) is 0 Å². The summed E-state index contributed by atoms with van der Waals surface area (Å²) in [4.78, 5) is 14.5. The Bertz CT molecular complexity index is 861. The number of hydrogen-bond donors (Lipinski definition) is 1. The normalized spacial score (nSPS) is 10.8. The third-order valence-corrected chi connectivity index (χ3v) is 4.54. The Balaban J connectivity index is 1.83. The number of rotatable bonds is 4. The Morgan fingerprint density at radius 3 is 2.58 bits per heavy atom. The van der Waals surface area contributed by atoms with E-state index in [4.69, 9.17) is 0 Å². The number of nitrogens with one attached hydrogen (secondary N) is 1. The highest BCUT2D eigenvalue weighted by molar-refractivity contribution is 5.95. The van der Waals surface area contributed by atoms with Crippen LogP contribution in [0.3, 0.4) is 0 Å². The molecule has 124 valence electrons. The molecule has 5 heteroatoms. The van der Waals surface area contributed by atoms with Crippen LogP contribution in [0.15, 0.2) is 42.6 Å². The SMILES string of the molecule is Cc1cc(C(=O)N(C)Cc2cn[nH]c2-c2ccccc2)c(C)n1C. The summed E-state index contributed by atoms with van der Waals surface area (Å²) >= 11 is 0. The van der Waals surface area contributed by atoms with Gasteiger partial charge in [-0.25, -0.2) is 0 Å². The monoisotopic (exact) mass is 322 g/mol. The van der Waals surface area contributed by atoms with Crippen LogP contribution in [0.4, 0.5) is 0 Å². The third-order valence-electron chi connectivity index (χ3n) is 4.54. The maximum absolute atomic E-state index is 12.8. The van der Waals surface area contributed by atoms with E-state index in [1.165, 1.54) is 0 Å². The van der Waals surface area contributed by atoms with Gasteiger partial charge < -0.3 is 9.47 Å². The molecule has 0 aliphatic carbocycles. The van der Waals surface area contributed by atoms with Crippen molar-refractivity contribution in [3.8, 4) is 11.3 Å². The predicted molar refractivity (Wildman–Crippen MR) is 94.7 cm³/mol. The Morgan fingerprint density at radius 1 is 1.25 bits per heavy atom. The number of benzene rings is 1. The lowest BCUT2D eigenvalue weighted by molar-refractivity contribution is 0.0784. The van der Waals surface area contributed by atoms with Crippen molar-refractivity contribution in [3.05, 3.63) is 65.1 Å². The Hall–Kier alpha value is -2.82. The molecule has 0 aliphatic heterocycles. The van der Waals surface area contributed by atoms with Crippen LogP contribution in [0.2, 0.25) is 0 Å². The van der Waals surface area contributed by atoms with E-state index in [2.05, 4.69) is 10.2 Å².